The molecule has 100 valence electrons. The van der Waals surface area contributed by atoms with Crippen LogP contribution in [0, 0.1) is 0 Å². The quantitative estimate of drug-likeness (QED) is 0.625. The molecule has 0 saturated heterocycles. The molecule has 0 fully saturated rings. The number of nitrogens with two attached hydrogens (primary N) is 1. The summed E-state index contributed by atoms with van der Waals surface area (Å²) in [6.45, 7) is 0. The van der Waals surface area contributed by atoms with E-state index in [1.54, 1.807) is 29.1 Å². The molecule has 0 saturated carbocycles. The summed E-state index contributed by atoms with van der Waals surface area (Å²) in [6.07, 6.45) is 4.60. The van der Waals surface area contributed by atoms with Crippen LogP contribution < -0.4 is 11.1 Å². The summed E-state index contributed by atoms with van der Waals surface area (Å²) in [7, 11) is 0. The van der Waals surface area contributed by atoms with Gasteiger partial charge in [-0.05, 0) is 24.3 Å². The van der Waals surface area contributed by atoms with Crippen LogP contribution in [0.3, 0.4) is 0 Å². The monoisotopic (exact) mass is 268 g/mol. The molecule has 0 aliphatic rings. The van der Waals surface area contributed by atoms with Gasteiger partial charge in [0.1, 0.15) is 5.82 Å². The van der Waals surface area contributed by atoms with E-state index in [0.717, 1.165) is 5.69 Å². The SMILES string of the molecule is Nc1ccc(-n2nccc2NC(=O)c2cn[nH]c2)cc1. The van der Waals surface area contributed by atoms with Gasteiger partial charge in [-0.3, -0.25) is 9.89 Å². The van der Waals surface area contributed by atoms with E-state index in [-0.39, 0.29) is 5.91 Å². The van der Waals surface area contributed by atoms with Crippen LogP contribution in [-0.2, 0) is 0 Å². The van der Waals surface area contributed by atoms with Gasteiger partial charge in [0, 0.05) is 18.0 Å². The fraction of sp³-hybridized carbons (Fsp3) is 0. The van der Waals surface area contributed by atoms with Crippen molar-refractivity contribution in [2.45, 2.75) is 0 Å². The highest BCUT2D eigenvalue weighted by Gasteiger charge is 2.11. The zero-order valence-corrected chi connectivity index (χ0v) is 10.4. The smallest absolute Gasteiger partial charge is 0.259 e. The first-order valence-electron chi connectivity index (χ1n) is 5.94. The van der Waals surface area contributed by atoms with Gasteiger partial charge in [-0.1, -0.05) is 0 Å². The Labute approximate surface area is 114 Å². The van der Waals surface area contributed by atoms with Gasteiger partial charge in [0.2, 0.25) is 0 Å². The molecule has 2 aromatic heterocycles. The highest BCUT2D eigenvalue weighted by atomic mass is 16.1. The number of carbonyl (C=O) groups excluding carboxylic acids is 1. The maximum absolute atomic E-state index is 12.0. The Morgan fingerprint density at radius 1 is 1.25 bits per heavy atom. The molecular weight excluding hydrogens is 256 g/mol. The molecule has 0 unspecified atom stereocenters. The fourth-order valence-electron chi connectivity index (χ4n) is 1.78. The second-order valence-electron chi connectivity index (χ2n) is 4.16. The van der Waals surface area contributed by atoms with Crippen LogP contribution in [-0.4, -0.2) is 25.9 Å². The number of hydrogen-bond donors (Lipinski definition) is 3. The maximum atomic E-state index is 12.0. The van der Waals surface area contributed by atoms with Gasteiger partial charge in [0.25, 0.3) is 5.91 Å². The Kier molecular flexibility index (Phi) is 2.92. The second kappa shape index (κ2) is 4.88. The molecule has 20 heavy (non-hydrogen) atoms. The number of aromatic nitrogens is 4. The van der Waals surface area contributed by atoms with Crippen molar-refractivity contribution in [3.8, 4) is 5.69 Å². The topological polar surface area (TPSA) is 102 Å². The molecular formula is C13H12N6O. The molecule has 3 aromatic rings. The van der Waals surface area contributed by atoms with Crippen molar-refractivity contribution in [1.82, 2.24) is 20.0 Å². The standard InChI is InChI=1S/C13H12N6O/c14-10-1-3-11(4-2-10)19-12(5-6-17-19)18-13(20)9-7-15-16-8-9/h1-8H,14H2,(H,15,16)(H,18,20). The Morgan fingerprint density at radius 2 is 2.05 bits per heavy atom. The highest BCUT2D eigenvalue weighted by molar-refractivity contribution is 6.03. The number of benzene rings is 1. The molecule has 3 rings (SSSR count). The first kappa shape index (κ1) is 12.0. The van der Waals surface area contributed by atoms with E-state index < -0.39 is 0 Å². The van der Waals surface area contributed by atoms with Crippen molar-refractivity contribution in [3.05, 3.63) is 54.5 Å². The van der Waals surface area contributed by atoms with Crippen molar-refractivity contribution in [3.63, 3.8) is 0 Å². The van der Waals surface area contributed by atoms with Crippen molar-refractivity contribution >= 4 is 17.4 Å². The normalized spacial score (nSPS) is 10.4. The van der Waals surface area contributed by atoms with Crippen LogP contribution in [0.5, 0.6) is 0 Å². The molecule has 1 amide bonds. The van der Waals surface area contributed by atoms with E-state index in [1.807, 2.05) is 12.1 Å². The van der Waals surface area contributed by atoms with Gasteiger partial charge in [0.05, 0.1) is 23.6 Å². The molecule has 7 heteroatoms. The second-order valence-corrected chi connectivity index (χ2v) is 4.16. The summed E-state index contributed by atoms with van der Waals surface area (Å²) in [6, 6.07) is 8.93. The molecule has 1 aromatic carbocycles. The summed E-state index contributed by atoms with van der Waals surface area (Å²) in [5.41, 5.74) is 7.59. The van der Waals surface area contributed by atoms with Crippen LogP contribution in [0.1, 0.15) is 10.4 Å². The number of nitrogen functional groups attached to an aromatic ring is 1. The number of rotatable bonds is 3. The number of H-pyrrole nitrogens is 1. The van der Waals surface area contributed by atoms with E-state index >= 15 is 0 Å². The van der Waals surface area contributed by atoms with Crippen molar-refractivity contribution in [2.24, 2.45) is 0 Å². The Balaban J connectivity index is 1.87. The summed E-state index contributed by atoms with van der Waals surface area (Å²) in [5, 5.41) is 13.3. The van der Waals surface area contributed by atoms with Crippen molar-refractivity contribution < 1.29 is 4.79 Å². The van der Waals surface area contributed by atoms with E-state index in [4.69, 9.17) is 5.73 Å². The van der Waals surface area contributed by atoms with E-state index in [0.29, 0.717) is 17.1 Å². The minimum atomic E-state index is -0.254. The third kappa shape index (κ3) is 2.24. The van der Waals surface area contributed by atoms with E-state index in [9.17, 15) is 4.79 Å². The predicted molar refractivity (Wildman–Crippen MR) is 74.5 cm³/mol. The molecule has 4 N–H and O–H groups in total. The van der Waals surface area contributed by atoms with Crippen LogP contribution in [0.15, 0.2) is 48.9 Å². The van der Waals surface area contributed by atoms with Gasteiger partial charge in [-0.2, -0.15) is 10.2 Å². The number of anilines is 2. The minimum absolute atomic E-state index is 0.254. The molecule has 0 atom stereocenters. The Morgan fingerprint density at radius 3 is 2.75 bits per heavy atom. The van der Waals surface area contributed by atoms with Gasteiger partial charge in [-0.15, -0.1) is 0 Å². The third-order valence-electron chi connectivity index (χ3n) is 2.78. The van der Waals surface area contributed by atoms with E-state index in [1.165, 1.54) is 12.4 Å². The first-order valence-corrected chi connectivity index (χ1v) is 5.94. The predicted octanol–water partition coefficient (Wildman–Crippen LogP) is 1.43. The lowest BCUT2D eigenvalue weighted by Gasteiger charge is -2.08. The molecule has 0 bridgehead atoms. The van der Waals surface area contributed by atoms with Crippen molar-refractivity contribution in [2.75, 3.05) is 11.1 Å². The molecule has 0 aliphatic carbocycles. The van der Waals surface area contributed by atoms with E-state index in [2.05, 4.69) is 20.6 Å². The van der Waals surface area contributed by atoms with Gasteiger partial charge in [0.15, 0.2) is 0 Å². The van der Waals surface area contributed by atoms with Crippen LogP contribution >= 0.6 is 0 Å². The molecule has 2 heterocycles. The lowest BCUT2D eigenvalue weighted by molar-refractivity contribution is 0.102. The number of amides is 1. The first-order chi connectivity index (χ1) is 9.74. The van der Waals surface area contributed by atoms with Gasteiger partial charge < -0.3 is 11.1 Å². The average molecular weight is 268 g/mol. The lowest BCUT2D eigenvalue weighted by Crippen LogP contribution is -2.14. The molecule has 7 nitrogen and oxygen atoms in total. The number of aromatic amines is 1. The zero-order valence-electron chi connectivity index (χ0n) is 10.4. The number of nitrogens with zero attached hydrogens (tertiary/aromatic N) is 3. The summed E-state index contributed by atoms with van der Waals surface area (Å²) >= 11 is 0. The Hall–Kier alpha value is -3.09. The fourth-order valence-corrected chi connectivity index (χ4v) is 1.78. The number of hydrogen-bond acceptors (Lipinski definition) is 4. The molecule has 0 spiro atoms. The van der Waals surface area contributed by atoms with Crippen LogP contribution in [0.25, 0.3) is 5.69 Å². The highest BCUT2D eigenvalue weighted by Crippen LogP contribution is 2.16. The van der Waals surface area contributed by atoms with Gasteiger partial charge in [-0.25, -0.2) is 4.68 Å². The van der Waals surface area contributed by atoms with Gasteiger partial charge >= 0.3 is 0 Å². The zero-order chi connectivity index (χ0) is 13.9. The summed E-state index contributed by atoms with van der Waals surface area (Å²) in [4.78, 5) is 12.0. The summed E-state index contributed by atoms with van der Waals surface area (Å²) in [5.74, 6) is 0.317. The number of carbonyl (C=O) groups is 1. The third-order valence-corrected chi connectivity index (χ3v) is 2.78. The number of nitrogens with one attached hydrogen (secondary N) is 2. The van der Waals surface area contributed by atoms with Crippen LogP contribution in [0.2, 0.25) is 0 Å². The summed E-state index contributed by atoms with van der Waals surface area (Å²) < 4.78 is 1.62. The molecule has 0 radical (unpaired) electrons. The average Bonchev–Trinajstić information content (AvgIpc) is 3.10. The maximum Gasteiger partial charge on any atom is 0.259 e. The van der Waals surface area contributed by atoms with Crippen molar-refractivity contribution in [1.29, 1.82) is 0 Å². The lowest BCUT2D eigenvalue weighted by atomic mass is 10.3. The minimum Gasteiger partial charge on any atom is -0.399 e. The van der Waals surface area contributed by atoms with Crippen LogP contribution in [0.4, 0.5) is 11.5 Å². The molecule has 0 aliphatic heterocycles. The largest absolute Gasteiger partial charge is 0.399 e. The Bertz CT molecular complexity index is 714.